The third-order valence-electron chi connectivity index (χ3n) is 3.74. The Morgan fingerprint density at radius 1 is 1.21 bits per heavy atom. The van der Waals surface area contributed by atoms with E-state index in [1.165, 1.54) is 11.8 Å². The number of hydrazone groups is 1. The van der Waals surface area contributed by atoms with Gasteiger partial charge >= 0.3 is 0 Å². The first-order valence-corrected chi connectivity index (χ1v) is 10.8. The summed E-state index contributed by atoms with van der Waals surface area (Å²) in [7, 11) is 0. The van der Waals surface area contributed by atoms with E-state index in [2.05, 4.69) is 15.4 Å². The number of rotatable bonds is 5. The average Bonchev–Trinajstić information content (AvgIpc) is 2.71. The van der Waals surface area contributed by atoms with Gasteiger partial charge in [0.2, 0.25) is 17.0 Å². The molecule has 6 nitrogen and oxygen atoms in total. The number of ether oxygens (including phenoxy) is 1. The molecule has 29 heavy (non-hydrogen) atoms. The SMILES string of the molecule is CCN1CC(Oc2ccc(Cl)cc2)=NC(SCC(=O)Nc2cccc(Cl)c2Cl)=N1. The van der Waals surface area contributed by atoms with Crippen LogP contribution in [0.25, 0.3) is 0 Å². The normalized spacial score (nSPS) is 13.6. The Balaban J connectivity index is 1.62. The predicted molar refractivity (Wildman–Crippen MR) is 122 cm³/mol. The molecule has 0 unspecified atom stereocenters. The minimum absolute atomic E-state index is 0.108. The number of carbonyl (C=O) groups is 1. The number of anilines is 1. The molecule has 152 valence electrons. The van der Waals surface area contributed by atoms with Gasteiger partial charge in [-0.05, 0) is 43.3 Å². The zero-order valence-electron chi connectivity index (χ0n) is 15.4. The smallest absolute Gasteiger partial charge is 0.234 e. The molecule has 1 aliphatic heterocycles. The number of amidine groups is 1. The first kappa shape index (κ1) is 21.8. The zero-order valence-corrected chi connectivity index (χ0v) is 18.4. The van der Waals surface area contributed by atoms with Crippen LogP contribution in [-0.4, -0.2) is 40.8 Å². The second-order valence-electron chi connectivity index (χ2n) is 5.86. The molecule has 3 rings (SSSR count). The molecule has 0 bridgehead atoms. The monoisotopic (exact) mass is 470 g/mol. The molecule has 0 radical (unpaired) electrons. The summed E-state index contributed by atoms with van der Waals surface area (Å²) in [4.78, 5) is 16.7. The molecule has 10 heteroatoms. The van der Waals surface area contributed by atoms with Crippen molar-refractivity contribution in [2.24, 2.45) is 10.1 Å². The Morgan fingerprint density at radius 2 is 1.97 bits per heavy atom. The van der Waals surface area contributed by atoms with E-state index in [-0.39, 0.29) is 11.7 Å². The Hall–Kier alpha value is -1.93. The number of nitrogens with one attached hydrogen (secondary N) is 1. The third-order valence-corrected chi connectivity index (χ3v) is 5.65. The van der Waals surface area contributed by atoms with E-state index in [1.807, 2.05) is 11.9 Å². The van der Waals surface area contributed by atoms with E-state index in [4.69, 9.17) is 39.5 Å². The van der Waals surface area contributed by atoms with Gasteiger partial charge in [-0.3, -0.25) is 9.80 Å². The topological polar surface area (TPSA) is 66.3 Å². The molecular formula is C19H17Cl3N4O2S. The summed E-state index contributed by atoms with van der Waals surface area (Å²) in [5.41, 5.74) is 0.459. The number of hydrogen-bond donors (Lipinski definition) is 1. The minimum atomic E-state index is -0.245. The lowest BCUT2D eigenvalue weighted by Crippen LogP contribution is -2.33. The van der Waals surface area contributed by atoms with Crippen LogP contribution in [0.5, 0.6) is 5.75 Å². The molecule has 0 atom stereocenters. The number of nitrogens with zero attached hydrogens (tertiary/aromatic N) is 3. The molecule has 0 spiro atoms. The molecule has 0 fully saturated rings. The first-order valence-electron chi connectivity index (χ1n) is 8.65. The molecule has 2 aromatic carbocycles. The highest BCUT2D eigenvalue weighted by Crippen LogP contribution is 2.29. The molecular weight excluding hydrogens is 455 g/mol. The second-order valence-corrected chi connectivity index (χ2v) is 8.03. The summed E-state index contributed by atoms with van der Waals surface area (Å²) < 4.78 is 5.83. The Morgan fingerprint density at radius 3 is 2.69 bits per heavy atom. The van der Waals surface area contributed by atoms with Crippen LogP contribution in [-0.2, 0) is 4.79 Å². The molecule has 1 aliphatic rings. The van der Waals surface area contributed by atoms with Gasteiger partial charge in [0.1, 0.15) is 12.3 Å². The molecule has 1 heterocycles. The van der Waals surface area contributed by atoms with Crippen LogP contribution in [0.3, 0.4) is 0 Å². The highest BCUT2D eigenvalue weighted by molar-refractivity contribution is 8.14. The molecule has 0 aliphatic carbocycles. The first-order chi connectivity index (χ1) is 13.9. The van der Waals surface area contributed by atoms with Crippen molar-refractivity contribution in [3.05, 3.63) is 57.5 Å². The average molecular weight is 472 g/mol. The summed E-state index contributed by atoms with van der Waals surface area (Å²) in [6, 6.07) is 12.1. The van der Waals surface area contributed by atoms with Crippen molar-refractivity contribution in [1.29, 1.82) is 0 Å². The lowest BCUT2D eigenvalue weighted by Gasteiger charge is -2.23. The van der Waals surface area contributed by atoms with Gasteiger partial charge in [0, 0.05) is 11.6 Å². The molecule has 2 aromatic rings. The van der Waals surface area contributed by atoms with Gasteiger partial charge < -0.3 is 10.1 Å². The van der Waals surface area contributed by atoms with Crippen LogP contribution >= 0.6 is 46.6 Å². The van der Waals surface area contributed by atoms with E-state index in [0.717, 1.165) is 0 Å². The van der Waals surface area contributed by atoms with Gasteiger partial charge in [-0.1, -0.05) is 52.6 Å². The van der Waals surface area contributed by atoms with Gasteiger partial charge in [-0.25, -0.2) is 0 Å². The maximum atomic E-state index is 12.3. The number of aliphatic imine (C=N–C) groups is 1. The number of carbonyl (C=O) groups excluding carboxylic acids is 1. The van der Waals surface area contributed by atoms with E-state index in [1.54, 1.807) is 42.5 Å². The van der Waals surface area contributed by atoms with Crippen molar-refractivity contribution in [3.63, 3.8) is 0 Å². The fourth-order valence-electron chi connectivity index (χ4n) is 2.33. The lowest BCUT2D eigenvalue weighted by atomic mass is 10.3. The van der Waals surface area contributed by atoms with Gasteiger partial charge in [0.05, 0.1) is 21.5 Å². The van der Waals surface area contributed by atoms with Crippen molar-refractivity contribution in [3.8, 4) is 5.75 Å². The van der Waals surface area contributed by atoms with Crippen LogP contribution in [0, 0.1) is 0 Å². The second kappa shape index (κ2) is 10.2. The molecule has 1 N–H and O–H groups in total. The Labute approximate surface area is 187 Å². The summed E-state index contributed by atoms with van der Waals surface area (Å²) in [6.45, 7) is 3.09. The molecule has 0 saturated carbocycles. The van der Waals surface area contributed by atoms with Crippen LogP contribution < -0.4 is 10.1 Å². The number of amides is 1. The van der Waals surface area contributed by atoms with E-state index < -0.39 is 0 Å². The zero-order chi connectivity index (χ0) is 20.8. The number of likely N-dealkylation sites (N-methyl/N-ethyl adjacent to an activating group) is 1. The van der Waals surface area contributed by atoms with E-state index in [9.17, 15) is 4.79 Å². The summed E-state index contributed by atoms with van der Waals surface area (Å²) in [6.07, 6.45) is 0. The van der Waals surface area contributed by atoms with Crippen molar-refractivity contribution in [2.45, 2.75) is 6.92 Å². The highest BCUT2D eigenvalue weighted by atomic mass is 35.5. The van der Waals surface area contributed by atoms with Gasteiger partial charge in [-0.2, -0.15) is 4.99 Å². The number of benzene rings is 2. The summed E-state index contributed by atoms with van der Waals surface area (Å²) in [5, 5.41) is 10.7. The van der Waals surface area contributed by atoms with E-state index >= 15 is 0 Å². The maximum absolute atomic E-state index is 12.3. The van der Waals surface area contributed by atoms with Gasteiger partial charge in [0.15, 0.2) is 0 Å². The summed E-state index contributed by atoms with van der Waals surface area (Å²) >= 11 is 19.2. The number of hydrogen-bond acceptors (Lipinski definition) is 6. The predicted octanol–water partition coefficient (Wildman–Crippen LogP) is 5.40. The third kappa shape index (κ3) is 6.27. The lowest BCUT2D eigenvalue weighted by molar-refractivity contribution is -0.113. The van der Waals surface area contributed by atoms with Crippen LogP contribution in [0.2, 0.25) is 15.1 Å². The van der Waals surface area contributed by atoms with Crippen molar-refractivity contribution in [2.75, 3.05) is 24.2 Å². The molecule has 1 amide bonds. The summed E-state index contributed by atoms with van der Waals surface area (Å²) in [5.74, 6) is 0.983. The van der Waals surface area contributed by atoms with Crippen molar-refractivity contribution >= 4 is 69.2 Å². The Bertz CT molecular complexity index is 951. The fourth-order valence-corrected chi connectivity index (χ4v) is 3.48. The maximum Gasteiger partial charge on any atom is 0.234 e. The number of halogens is 3. The number of thioether (sulfide) groups is 1. The van der Waals surface area contributed by atoms with Gasteiger partial charge in [0.25, 0.3) is 0 Å². The standard InChI is InChI=1S/C19H17Cl3N4O2S/c1-2-26-10-17(28-13-8-6-12(20)7-9-13)24-19(25-26)29-11-16(27)23-15-5-3-4-14(21)18(15)22/h3-9H,2,10-11H2,1H3,(H,23,27). The van der Waals surface area contributed by atoms with Crippen molar-refractivity contribution in [1.82, 2.24) is 5.01 Å². The van der Waals surface area contributed by atoms with Crippen LogP contribution in [0.4, 0.5) is 5.69 Å². The fraction of sp³-hybridized carbons (Fsp3) is 0.211. The molecule has 0 aromatic heterocycles. The van der Waals surface area contributed by atoms with E-state index in [0.29, 0.717) is 50.7 Å². The molecule has 0 saturated heterocycles. The van der Waals surface area contributed by atoms with Crippen LogP contribution in [0.15, 0.2) is 52.6 Å². The largest absolute Gasteiger partial charge is 0.441 e. The van der Waals surface area contributed by atoms with Crippen LogP contribution in [0.1, 0.15) is 6.92 Å². The van der Waals surface area contributed by atoms with Gasteiger partial charge in [-0.15, -0.1) is 5.10 Å². The highest BCUT2D eigenvalue weighted by Gasteiger charge is 2.18. The quantitative estimate of drug-likeness (QED) is 0.634. The van der Waals surface area contributed by atoms with Crippen molar-refractivity contribution < 1.29 is 9.53 Å². The Kier molecular flexibility index (Phi) is 7.66. The minimum Gasteiger partial charge on any atom is -0.441 e.